The molecule has 0 aliphatic heterocycles. The van der Waals surface area contributed by atoms with Crippen molar-refractivity contribution in [2.45, 2.75) is 50.6 Å². The summed E-state index contributed by atoms with van der Waals surface area (Å²) in [7, 11) is -0.159. The van der Waals surface area contributed by atoms with Gasteiger partial charge in [-0.3, -0.25) is 0 Å². The highest BCUT2D eigenvalue weighted by molar-refractivity contribution is 6.45. The van der Waals surface area contributed by atoms with Gasteiger partial charge in [-0.1, -0.05) is 75.3 Å². The van der Waals surface area contributed by atoms with Crippen LogP contribution in [0.4, 0.5) is 0 Å². The molecular formula is C17H26Si. The van der Waals surface area contributed by atoms with E-state index >= 15 is 0 Å². The highest BCUT2D eigenvalue weighted by Gasteiger charge is 2.32. The summed E-state index contributed by atoms with van der Waals surface area (Å²) in [6.07, 6.45) is 20.5. The molecule has 2 aliphatic rings. The second-order valence-corrected chi connectivity index (χ2v) is 8.82. The van der Waals surface area contributed by atoms with Gasteiger partial charge < -0.3 is 0 Å². The molecule has 0 aromatic rings. The molecule has 0 saturated carbocycles. The maximum Gasteiger partial charge on any atom is 0.0451 e. The van der Waals surface area contributed by atoms with Crippen LogP contribution >= 0.6 is 0 Å². The van der Waals surface area contributed by atoms with Crippen LogP contribution in [0.15, 0.2) is 48.1 Å². The van der Waals surface area contributed by atoms with E-state index in [0.29, 0.717) is 11.0 Å². The second kappa shape index (κ2) is 5.88. The zero-order chi connectivity index (χ0) is 13.0. The Bertz CT molecular complexity index is 398. The normalized spacial score (nSPS) is 30.9. The highest BCUT2D eigenvalue weighted by Crippen LogP contribution is 2.45. The Morgan fingerprint density at radius 2 is 2.17 bits per heavy atom. The number of hydrogen-bond acceptors (Lipinski definition) is 0. The van der Waals surface area contributed by atoms with Gasteiger partial charge in [-0.25, -0.2) is 0 Å². The predicted molar refractivity (Wildman–Crippen MR) is 84.9 cm³/mol. The van der Waals surface area contributed by atoms with Gasteiger partial charge in [0.2, 0.25) is 0 Å². The minimum Gasteiger partial charge on any atom is -0.0840 e. The van der Waals surface area contributed by atoms with Crippen LogP contribution in [0.3, 0.4) is 0 Å². The van der Waals surface area contributed by atoms with Crippen molar-refractivity contribution in [2.75, 3.05) is 0 Å². The van der Waals surface area contributed by atoms with Crippen molar-refractivity contribution < 1.29 is 0 Å². The standard InChI is InChI=1S/C17H26Si/c1-4-11-17(12-6-5-7-13-17)18-16-10-8-9-15(16)14(2)3/h5-10,12,14,16H,4,11,13,18H2,1-3H3. The lowest BCUT2D eigenvalue weighted by molar-refractivity contribution is 0.593. The van der Waals surface area contributed by atoms with E-state index in [0.717, 1.165) is 5.54 Å². The zero-order valence-corrected chi connectivity index (χ0v) is 13.4. The van der Waals surface area contributed by atoms with Crippen LogP contribution in [0.5, 0.6) is 0 Å². The van der Waals surface area contributed by atoms with Crippen LogP contribution in [-0.4, -0.2) is 9.52 Å². The van der Waals surface area contributed by atoms with Gasteiger partial charge in [0.05, 0.1) is 0 Å². The third kappa shape index (κ3) is 2.95. The second-order valence-electron chi connectivity index (χ2n) is 6.12. The Labute approximate surface area is 114 Å². The molecule has 0 fully saturated rings. The summed E-state index contributed by atoms with van der Waals surface area (Å²) in [4.78, 5) is 0. The maximum absolute atomic E-state index is 2.52. The van der Waals surface area contributed by atoms with Gasteiger partial charge in [-0.2, -0.15) is 0 Å². The fourth-order valence-electron chi connectivity index (χ4n) is 3.43. The molecule has 0 spiro atoms. The fourth-order valence-corrected chi connectivity index (χ4v) is 6.60. The van der Waals surface area contributed by atoms with Crippen molar-refractivity contribution in [1.29, 1.82) is 0 Å². The summed E-state index contributed by atoms with van der Waals surface area (Å²) in [6, 6.07) is 0. The first kappa shape index (κ1) is 13.6. The quantitative estimate of drug-likeness (QED) is 0.634. The van der Waals surface area contributed by atoms with Gasteiger partial charge in [0.1, 0.15) is 0 Å². The van der Waals surface area contributed by atoms with Gasteiger partial charge in [0, 0.05) is 9.52 Å². The van der Waals surface area contributed by atoms with Crippen molar-refractivity contribution in [3.63, 3.8) is 0 Å². The molecule has 0 nitrogen and oxygen atoms in total. The van der Waals surface area contributed by atoms with Crippen molar-refractivity contribution in [3.8, 4) is 0 Å². The minimum absolute atomic E-state index is 0.159. The maximum atomic E-state index is 2.52. The Morgan fingerprint density at radius 3 is 2.78 bits per heavy atom. The largest absolute Gasteiger partial charge is 0.0840 e. The van der Waals surface area contributed by atoms with E-state index in [1.165, 1.54) is 19.3 Å². The fraction of sp³-hybridized carbons (Fsp3) is 0.529. The molecule has 0 N–H and O–H groups in total. The van der Waals surface area contributed by atoms with Gasteiger partial charge in [-0.05, 0) is 29.3 Å². The molecule has 0 aromatic carbocycles. The number of allylic oxidation sites excluding steroid dienone is 8. The summed E-state index contributed by atoms with van der Waals surface area (Å²) in [5.74, 6) is 0.708. The minimum atomic E-state index is -0.159. The average molecular weight is 258 g/mol. The molecule has 2 atom stereocenters. The summed E-state index contributed by atoms with van der Waals surface area (Å²) < 4.78 is 0. The smallest absolute Gasteiger partial charge is 0.0451 e. The molecular weight excluding hydrogens is 232 g/mol. The van der Waals surface area contributed by atoms with E-state index in [4.69, 9.17) is 0 Å². The Kier molecular flexibility index (Phi) is 4.44. The predicted octanol–water partition coefficient (Wildman–Crippen LogP) is 4.57. The molecule has 0 radical (unpaired) electrons. The molecule has 2 rings (SSSR count). The lowest BCUT2D eigenvalue weighted by Gasteiger charge is -2.34. The SMILES string of the molecule is CCCC1([SiH2]C2C=CC=C2C(C)C)C=CC=CC1. The van der Waals surface area contributed by atoms with Crippen molar-refractivity contribution in [3.05, 3.63) is 48.1 Å². The first-order valence-corrected chi connectivity index (χ1v) is 8.92. The van der Waals surface area contributed by atoms with Crippen LogP contribution in [-0.2, 0) is 0 Å². The van der Waals surface area contributed by atoms with E-state index in [2.05, 4.69) is 63.3 Å². The van der Waals surface area contributed by atoms with Gasteiger partial charge in [-0.15, -0.1) is 0 Å². The summed E-state index contributed by atoms with van der Waals surface area (Å²) >= 11 is 0. The highest BCUT2D eigenvalue weighted by atomic mass is 28.2. The molecule has 0 heterocycles. The van der Waals surface area contributed by atoms with Crippen LogP contribution in [0.25, 0.3) is 0 Å². The molecule has 18 heavy (non-hydrogen) atoms. The van der Waals surface area contributed by atoms with E-state index in [-0.39, 0.29) is 9.52 Å². The van der Waals surface area contributed by atoms with Crippen molar-refractivity contribution >= 4 is 9.52 Å². The third-order valence-corrected chi connectivity index (χ3v) is 7.20. The Balaban J connectivity index is 2.10. The van der Waals surface area contributed by atoms with Crippen molar-refractivity contribution in [1.82, 2.24) is 0 Å². The van der Waals surface area contributed by atoms with Crippen LogP contribution in [0.2, 0.25) is 10.6 Å². The van der Waals surface area contributed by atoms with E-state index < -0.39 is 0 Å². The molecule has 0 saturated heterocycles. The van der Waals surface area contributed by atoms with Gasteiger partial charge >= 0.3 is 0 Å². The van der Waals surface area contributed by atoms with E-state index in [9.17, 15) is 0 Å². The Morgan fingerprint density at radius 1 is 1.33 bits per heavy atom. The van der Waals surface area contributed by atoms with Gasteiger partial charge in [0.15, 0.2) is 0 Å². The van der Waals surface area contributed by atoms with Crippen molar-refractivity contribution in [2.24, 2.45) is 5.92 Å². The molecule has 2 aliphatic carbocycles. The molecule has 0 bridgehead atoms. The van der Waals surface area contributed by atoms with Crippen LogP contribution < -0.4 is 0 Å². The average Bonchev–Trinajstić information content (AvgIpc) is 2.78. The lowest BCUT2D eigenvalue weighted by atomic mass is 9.94. The third-order valence-electron chi connectivity index (χ3n) is 4.32. The number of rotatable bonds is 5. The molecule has 0 aromatic heterocycles. The summed E-state index contributed by atoms with van der Waals surface area (Å²) in [6.45, 7) is 7.00. The molecule has 1 heteroatoms. The molecule has 2 unspecified atom stereocenters. The van der Waals surface area contributed by atoms with Crippen LogP contribution in [0.1, 0.15) is 40.0 Å². The Hall–Kier alpha value is -0.823. The first-order valence-electron chi connectivity index (χ1n) is 7.39. The topological polar surface area (TPSA) is 0 Å². The number of hydrogen-bond donors (Lipinski definition) is 0. The summed E-state index contributed by atoms with van der Waals surface area (Å²) in [5, 5.41) is 0.539. The zero-order valence-electron chi connectivity index (χ0n) is 12.0. The lowest BCUT2D eigenvalue weighted by Crippen LogP contribution is -2.23. The van der Waals surface area contributed by atoms with E-state index in [1.807, 2.05) is 0 Å². The monoisotopic (exact) mass is 258 g/mol. The van der Waals surface area contributed by atoms with E-state index in [1.54, 1.807) is 5.57 Å². The van der Waals surface area contributed by atoms with Crippen LogP contribution in [0, 0.1) is 5.92 Å². The molecule has 98 valence electrons. The van der Waals surface area contributed by atoms with Gasteiger partial charge in [0.25, 0.3) is 0 Å². The summed E-state index contributed by atoms with van der Waals surface area (Å²) in [5.41, 5.74) is 2.48. The first-order chi connectivity index (χ1) is 8.67. The molecule has 0 amide bonds.